The fourth-order valence-corrected chi connectivity index (χ4v) is 10.2. The minimum atomic E-state index is -4.71. The van der Waals surface area contributed by atoms with Crippen LogP contribution in [0.25, 0.3) is 0 Å². The molecule has 0 bridgehead atoms. The number of nitrogens with one attached hydrogen (secondary N) is 1. The van der Waals surface area contributed by atoms with E-state index in [1.54, 1.807) is 0 Å². The van der Waals surface area contributed by atoms with Crippen molar-refractivity contribution >= 4 is 19.7 Å². The van der Waals surface area contributed by atoms with Crippen LogP contribution < -0.4 is 10.2 Å². The van der Waals surface area contributed by atoms with Crippen LogP contribution in [0.5, 0.6) is 0 Å². The molecule has 10 heteroatoms. The predicted molar refractivity (Wildman–Crippen MR) is 339 cm³/mol. The van der Waals surface area contributed by atoms with Crippen LogP contribution in [-0.2, 0) is 27.9 Å². The van der Waals surface area contributed by atoms with E-state index in [4.69, 9.17) is 13.8 Å². The fourth-order valence-electron chi connectivity index (χ4n) is 9.46. The fraction of sp³-hybridized carbons (Fsp3) is 0.797. The molecule has 0 heterocycles. The Labute approximate surface area is 489 Å². The lowest BCUT2D eigenvalue weighted by Gasteiger charge is -2.30. The van der Waals surface area contributed by atoms with Gasteiger partial charge >= 0.3 is 5.97 Å². The number of likely N-dealkylation sites (N-methyl/N-ethyl adjacent to an activating group) is 1. The number of nitrogens with zero attached hydrogens (tertiary/aromatic N) is 1. The molecule has 1 amide bonds. The summed E-state index contributed by atoms with van der Waals surface area (Å²) in [5, 5.41) is 3.02. The maximum atomic E-state index is 13.5. The normalized spacial score (nSPS) is 14.1. The van der Waals surface area contributed by atoms with Crippen molar-refractivity contribution < 1.29 is 37.3 Å². The number of hydrogen-bond acceptors (Lipinski definition) is 7. The van der Waals surface area contributed by atoms with Crippen LogP contribution in [0.3, 0.4) is 0 Å². The van der Waals surface area contributed by atoms with E-state index in [1.165, 1.54) is 186 Å². The summed E-state index contributed by atoms with van der Waals surface area (Å²) in [6.45, 7) is 6.81. The van der Waals surface area contributed by atoms with Gasteiger partial charge in [-0.25, -0.2) is 0 Å². The maximum Gasteiger partial charge on any atom is 0.306 e. The average molecular weight is 1130 g/mol. The van der Waals surface area contributed by atoms with Crippen molar-refractivity contribution in [2.45, 2.75) is 315 Å². The zero-order valence-corrected chi connectivity index (χ0v) is 53.5. The van der Waals surface area contributed by atoms with Crippen molar-refractivity contribution in [2.75, 3.05) is 40.9 Å². The van der Waals surface area contributed by atoms with E-state index >= 15 is 0 Å². The smallest absolute Gasteiger partial charge is 0.306 e. The molecule has 0 saturated carbocycles. The molecule has 0 aliphatic carbocycles. The van der Waals surface area contributed by atoms with Gasteiger partial charge < -0.3 is 28.5 Å². The van der Waals surface area contributed by atoms with Crippen molar-refractivity contribution in [3.05, 3.63) is 72.9 Å². The third-order valence-corrected chi connectivity index (χ3v) is 15.6. The van der Waals surface area contributed by atoms with Crippen molar-refractivity contribution in [2.24, 2.45) is 0 Å². The van der Waals surface area contributed by atoms with E-state index in [0.29, 0.717) is 17.4 Å². The minimum Gasteiger partial charge on any atom is -0.756 e. The molecule has 9 nitrogen and oxygen atoms in total. The van der Waals surface area contributed by atoms with Gasteiger partial charge in [-0.2, -0.15) is 0 Å². The molecule has 0 fully saturated rings. The van der Waals surface area contributed by atoms with Crippen molar-refractivity contribution in [1.82, 2.24) is 5.32 Å². The molecule has 79 heavy (non-hydrogen) atoms. The number of amides is 1. The Kier molecular flexibility index (Phi) is 56.7. The summed E-state index contributed by atoms with van der Waals surface area (Å²) in [5.41, 5.74) is 0. The second-order valence-electron chi connectivity index (χ2n) is 23.6. The van der Waals surface area contributed by atoms with Crippen molar-refractivity contribution in [3.8, 4) is 0 Å². The second-order valence-corrected chi connectivity index (χ2v) is 25.1. The van der Waals surface area contributed by atoms with Crippen LogP contribution in [0.2, 0.25) is 0 Å². The van der Waals surface area contributed by atoms with Gasteiger partial charge in [0.05, 0.1) is 33.8 Å². The molecule has 460 valence electrons. The maximum absolute atomic E-state index is 13.5. The Hall–Kier alpha value is -2.55. The van der Waals surface area contributed by atoms with Gasteiger partial charge in [0.1, 0.15) is 19.3 Å². The average Bonchev–Trinajstić information content (AvgIpc) is 3.41. The summed E-state index contributed by atoms with van der Waals surface area (Å²) >= 11 is 0. The molecule has 1 N–H and O–H groups in total. The predicted octanol–water partition coefficient (Wildman–Crippen LogP) is 20.2. The summed E-state index contributed by atoms with van der Waals surface area (Å²) in [5.74, 6) is -0.568. The Morgan fingerprint density at radius 1 is 0.456 bits per heavy atom. The Bertz CT molecular complexity index is 1580. The minimum absolute atomic E-state index is 0.0290. The first-order chi connectivity index (χ1) is 38.4. The first-order valence-electron chi connectivity index (χ1n) is 33.3. The van der Waals surface area contributed by atoms with Gasteiger partial charge in [0.2, 0.25) is 5.91 Å². The summed E-state index contributed by atoms with van der Waals surface area (Å²) in [4.78, 5) is 40.0. The quantitative estimate of drug-likeness (QED) is 0.0161. The molecule has 0 aliphatic heterocycles. The van der Waals surface area contributed by atoms with E-state index < -0.39 is 26.6 Å². The van der Waals surface area contributed by atoms with Crippen LogP contribution in [0.15, 0.2) is 72.9 Å². The zero-order chi connectivity index (χ0) is 57.9. The lowest BCUT2D eigenvalue weighted by molar-refractivity contribution is -0.870. The number of ether oxygens (including phenoxy) is 1. The number of rotatable bonds is 60. The van der Waals surface area contributed by atoms with Gasteiger partial charge in [0, 0.05) is 12.8 Å². The van der Waals surface area contributed by atoms with Crippen LogP contribution >= 0.6 is 7.82 Å². The van der Waals surface area contributed by atoms with Crippen LogP contribution in [0.1, 0.15) is 303 Å². The molecule has 0 aromatic heterocycles. The number of hydrogen-bond donors (Lipinski definition) is 1. The number of carbonyl (C=O) groups is 2. The van der Waals surface area contributed by atoms with Crippen molar-refractivity contribution in [1.29, 1.82) is 0 Å². The summed E-state index contributed by atoms with van der Waals surface area (Å²) in [6.07, 6.45) is 75.9. The molecule has 0 aromatic carbocycles. The van der Waals surface area contributed by atoms with Gasteiger partial charge in [-0.3, -0.25) is 14.2 Å². The van der Waals surface area contributed by atoms with Crippen molar-refractivity contribution in [3.63, 3.8) is 0 Å². The monoisotopic (exact) mass is 1130 g/mol. The molecule has 3 unspecified atom stereocenters. The van der Waals surface area contributed by atoms with Gasteiger partial charge in [-0.15, -0.1) is 0 Å². The summed E-state index contributed by atoms with van der Waals surface area (Å²) in [7, 11) is 1.17. The van der Waals surface area contributed by atoms with Gasteiger partial charge in [0.15, 0.2) is 0 Å². The first-order valence-corrected chi connectivity index (χ1v) is 34.7. The Morgan fingerprint density at radius 2 is 0.810 bits per heavy atom. The molecule has 3 atom stereocenters. The summed E-state index contributed by atoms with van der Waals surface area (Å²) < 4.78 is 30.3. The number of quaternary nitrogens is 1. The number of phosphoric acid groups is 1. The van der Waals surface area contributed by atoms with Crippen LogP contribution in [-0.4, -0.2) is 69.4 Å². The van der Waals surface area contributed by atoms with E-state index in [2.05, 4.69) is 86.8 Å². The molecule has 0 saturated heterocycles. The van der Waals surface area contributed by atoms with Crippen LogP contribution in [0, 0.1) is 0 Å². The molecule has 0 rings (SSSR count). The summed E-state index contributed by atoms with van der Waals surface area (Å²) in [6, 6.07) is -0.905. The number of esters is 1. The largest absolute Gasteiger partial charge is 0.756 e. The number of carbonyl (C=O) groups excluding carboxylic acids is 2. The molecular formula is C69H127N2O7P. The molecule has 0 radical (unpaired) electrons. The highest BCUT2D eigenvalue weighted by Crippen LogP contribution is 2.38. The third-order valence-electron chi connectivity index (χ3n) is 14.6. The van der Waals surface area contributed by atoms with Gasteiger partial charge in [0.25, 0.3) is 7.82 Å². The number of phosphoric ester groups is 1. The number of unbranched alkanes of at least 4 members (excludes halogenated alkanes) is 35. The topological polar surface area (TPSA) is 114 Å². The highest BCUT2D eigenvalue weighted by Gasteiger charge is 2.27. The lowest BCUT2D eigenvalue weighted by Crippen LogP contribution is -2.47. The highest BCUT2D eigenvalue weighted by atomic mass is 31.2. The van der Waals surface area contributed by atoms with E-state index in [9.17, 15) is 19.0 Å². The van der Waals surface area contributed by atoms with E-state index in [1.807, 2.05) is 33.3 Å². The van der Waals surface area contributed by atoms with E-state index in [-0.39, 0.29) is 31.3 Å². The molecule has 0 aliphatic rings. The first kappa shape index (κ1) is 76.5. The van der Waals surface area contributed by atoms with E-state index in [0.717, 1.165) is 77.0 Å². The highest BCUT2D eigenvalue weighted by molar-refractivity contribution is 7.45. The van der Waals surface area contributed by atoms with Gasteiger partial charge in [-0.1, -0.05) is 267 Å². The third kappa shape index (κ3) is 59.9. The zero-order valence-electron chi connectivity index (χ0n) is 52.6. The second kappa shape index (κ2) is 58.6. The van der Waals surface area contributed by atoms with Gasteiger partial charge in [-0.05, 0) is 96.0 Å². The molecule has 0 spiro atoms. The Morgan fingerprint density at radius 3 is 1.27 bits per heavy atom. The SMILES string of the molecule is CCCCC/C=C\C/C=C\C/C=C\CCCCCCCCCCCCCCC(=O)OC(/C=C\CCCCCCCCCCCC)C(COP(=O)([O-])OCC[N+](C)(C)C)NC(=O)CCCCC/C=C/C=C/CCCCCCCCC. The molecular weight excluding hydrogens is 1000 g/mol. The standard InChI is InChI=1S/C69H127N2O7P/c1-7-10-13-16-19-22-25-28-30-32-33-34-35-36-37-38-39-40-42-44-47-50-53-56-59-62-69(73)78-67(60-57-54-51-48-45-27-24-21-18-15-12-9-3)66(65-77-79(74,75)76-64-63-71(4,5)6)70-68(72)61-58-55-52-49-46-43-41-31-29-26-23-20-17-14-11-8-2/h19,22,28,30-31,33-34,41,43,46,57,60,66-67H,7-18,20-21,23-27,29,32,35-40,42,44-45,47-56,58-59,61-65H2,1-6H3,(H-,70,72,74,75)/b22-19-,30-28-,34-33-,41-31+,46-43+,60-57-. The Balaban J connectivity index is 5.14. The molecule has 0 aromatic rings. The number of allylic oxidation sites excluding steroid dienone is 11. The lowest BCUT2D eigenvalue weighted by atomic mass is 10.0. The van der Waals surface area contributed by atoms with Crippen LogP contribution in [0.4, 0.5) is 0 Å².